The van der Waals surface area contributed by atoms with E-state index in [0.717, 1.165) is 36.1 Å². The number of aromatic nitrogens is 3. The molecular formula is C73H95N15O18. The number of carbonyl (C=O) groups excluding carboxylic acids is 11. The number of aliphatic hydroxyl groups is 2. The van der Waals surface area contributed by atoms with Crippen molar-refractivity contribution in [1.82, 2.24) is 71.8 Å². The van der Waals surface area contributed by atoms with Gasteiger partial charge in [-0.2, -0.15) is 0 Å². The van der Waals surface area contributed by atoms with Gasteiger partial charge in [-0.15, -0.1) is 0 Å². The summed E-state index contributed by atoms with van der Waals surface area (Å²) in [6.07, 6.45) is -0.607. The molecular weight excluding hydrogens is 1370 g/mol. The fourth-order valence-corrected chi connectivity index (χ4v) is 11.6. The first-order valence-electron chi connectivity index (χ1n) is 34.2. The zero-order valence-electron chi connectivity index (χ0n) is 60.5. The van der Waals surface area contributed by atoms with E-state index in [2.05, 4.69) is 52.2 Å². The number of phenols is 1. The number of imidazole rings is 1. The molecule has 33 heteroatoms. The molecule has 0 aliphatic rings. The minimum absolute atomic E-state index is 0.0564. The minimum Gasteiger partial charge on any atom is -0.508 e. The molecule has 6 rings (SSSR count). The van der Waals surface area contributed by atoms with Crippen LogP contribution in [0.25, 0.3) is 10.9 Å². The van der Waals surface area contributed by atoms with Crippen LogP contribution < -0.4 is 43.0 Å². The summed E-state index contributed by atoms with van der Waals surface area (Å²) < 4.78 is 0. The number of carboxylic acids is 2. The lowest BCUT2D eigenvalue weighted by atomic mass is 9.99. The van der Waals surface area contributed by atoms with Crippen molar-refractivity contribution >= 4 is 87.8 Å². The van der Waals surface area contributed by atoms with Crippen LogP contribution >= 0.6 is 0 Å². The van der Waals surface area contributed by atoms with Crippen molar-refractivity contribution in [1.29, 1.82) is 0 Å². The maximum atomic E-state index is 15.3. The third-order valence-corrected chi connectivity index (χ3v) is 18.0. The van der Waals surface area contributed by atoms with E-state index < -0.39 is 174 Å². The number of hydrogen-bond acceptors (Lipinski definition) is 18. The zero-order chi connectivity index (χ0) is 78.4. The van der Waals surface area contributed by atoms with E-state index in [1.165, 1.54) is 107 Å². The fourth-order valence-electron chi connectivity index (χ4n) is 11.6. The number of benzene rings is 4. The number of fused-ring (bicyclic) bond motifs is 1. The van der Waals surface area contributed by atoms with E-state index in [0.29, 0.717) is 16.7 Å². The molecule has 106 heavy (non-hydrogen) atoms. The summed E-state index contributed by atoms with van der Waals surface area (Å²) in [5, 5.41) is 69.5. The van der Waals surface area contributed by atoms with Gasteiger partial charge >= 0.3 is 11.9 Å². The largest absolute Gasteiger partial charge is 0.508 e. The Kier molecular flexibility index (Phi) is 30.5. The van der Waals surface area contributed by atoms with Gasteiger partial charge in [-0.3, -0.25) is 57.5 Å². The minimum atomic E-state index is -1.88. The Morgan fingerprint density at radius 2 is 1.02 bits per heavy atom. The maximum absolute atomic E-state index is 15.3. The lowest BCUT2D eigenvalue weighted by molar-refractivity contribution is -0.150. The molecule has 0 aliphatic heterocycles. The monoisotopic (exact) mass is 1470 g/mol. The maximum Gasteiger partial charge on any atom is 0.326 e. The third kappa shape index (κ3) is 23.5. The van der Waals surface area contributed by atoms with E-state index >= 15 is 4.79 Å². The number of phenolic OH excluding ortho intramolecular Hbond substituents is 1. The number of aromatic hydroxyl groups is 1. The van der Waals surface area contributed by atoms with Crippen molar-refractivity contribution in [3.63, 3.8) is 0 Å². The Balaban J connectivity index is 1.18. The molecule has 0 radical (unpaired) electrons. The van der Waals surface area contributed by atoms with Crippen LogP contribution in [0.4, 0.5) is 0 Å². The van der Waals surface area contributed by atoms with Gasteiger partial charge in [-0.05, 0) is 80.5 Å². The molecule has 2 heterocycles. The molecule has 0 saturated carbocycles. The molecule has 33 nitrogen and oxygen atoms in total. The Hall–Kier alpha value is -11.6. The van der Waals surface area contributed by atoms with Crippen LogP contribution in [0.15, 0.2) is 128 Å². The SMILES string of the molecule is CC(C)[C@H](NC(=O)[C@@H](NC(=O)[C@H](Cc1ccc(O)cc1)NC(=O)[C@H](Cc1c[nH]cn1)NC(=O)[C@H](C)N(C)C(=O)[C@H](C)NC(=O)[C@H](Cc1ccccc1)N(C)C(=O)[C@H](Cc1ccccc1)N(C)C(=O)[C@H](CC(=O)O)NC(=O)CN(C)C(=O)[C@@H](NC(=O)[C@@H](N)Cc1c[nH]c2ccccc12)[C@@H](C)O)[C@@H](C)O)C(=O)O. The van der Waals surface area contributed by atoms with Crippen molar-refractivity contribution in [2.24, 2.45) is 11.7 Å². The number of hydrogen-bond donors (Lipinski definition) is 15. The molecule has 4 aromatic carbocycles. The Bertz CT molecular complexity index is 4040. The Morgan fingerprint density at radius 3 is 1.58 bits per heavy atom. The number of rotatable bonds is 38. The second-order valence-corrected chi connectivity index (χ2v) is 26.5. The smallest absolute Gasteiger partial charge is 0.326 e. The third-order valence-electron chi connectivity index (χ3n) is 18.0. The van der Waals surface area contributed by atoms with Crippen LogP contribution in [-0.4, -0.2) is 250 Å². The van der Waals surface area contributed by atoms with Gasteiger partial charge < -0.3 is 98.1 Å². The average Bonchev–Trinajstić information content (AvgIpc) is 1.56. The lowest BCUT2D eigenvalue weighted by Crippen LogP contribution is -2.62. The molecule has 0 unspecified atom stereocenters. The van der Waals surface area contributed by atoms with Crippen LogP contribution in [0.5, 0.6) is 5.75 Å². The van der Waals surface area contributed by atoms with Crippen molar-refractivity contribution in [3.8, 4) is 5.75 Å². The van der Waals surface area contributed by atoms with Gasteiger partial charge in [0.2, 0.25) is 65.0 Å². The number of nitrogens with one attached hydrogen (secondary N) is 9. The molecule has 6 aromatic rings. The van der Waals surface area contributed by atoms with Crippen LogP contribution in [0.1, 0.15) is 75.9 Å². The molecule has 2 aromatic heterocycles. The van der Waals surface area contributed by atoms with Crippen LogP contribution in [0, 0.1) is 5.92 Å². The number of carbonyl (C=O) groups is 13. The first-order chi connectivity index (χ1) is 50.1. The number of nitrogens with zero attached hydrogens (tertiary/aromatic N) is 5. The number of amides is 11. The quantitative estimate of drug-likeness (QED) is 0.0216. The van der Waals surface area contributed by atoms with Crippen molar-refractivity contribution in [3.05, 3.63) is 156 Å². The highest BCUT2D eigenvalue weighted by Crippen LogP contribution is 2.21. The zero-order valence-corrected chi connectivity index (χ0v) is 60.5. The van der Waals surface area contributed by atoms with Gasteiger partial charge in [0.25, 0.3) is 0 Å². The summed E-state index contributed by atoms with van der Waals surface area (Å²) in [5.41, 5.74) is 9.49. The summed E-state index contributed by atoms with van der Waals surface area (Å²) in [6.45, 7) is 7.31. The highest BCUT2D eigenvalue weighted by atomic mass is 16.4. The van der Waals surface area contributed by atoms with Crippen molar-refractivity contribution in [2.75, 3.05) is 34.7 Å². The molecule has 0 fully saturated rings. The summed E-state index contributed by atoms with van der Waals surface area (Å²) in [7, 11) is 4.92. The number of para-hydroxylation sites is 1. The summed E-state index contributed by atoms with van der Waals surface area (Å²) in [5.74, 6) is -14.1. The molecule has 16 N–H and O–H groups in total. The van der Waals surface area contributed by atoms with E-state index in [1.807, 2.05) is 24.3 Å². The molecule has 0 bridgehead atoms. The first kappa shape index (κ1) is 83.4. The number of nitrogens with two attached hydrogens (primary N) is 1. The van der Waals surface area contributed by atoms with Gasteiger partial charge in [-0.25, -0.2) is 9.78 Å². The van der Waals surface area contributed by atoms with Gasteiger partial charge in [0, 0.05) is 77.2 Å². The highest BCUT2D eigenvalue weighted by Gasteiger charge is 2.41. The van der Waals surface area contributed by atoms with Gasteiger partial charge in [0.1, 0.15) is 66.2 Å². The molecule has 570 valence electrons. The number of aliphatic carboxylic acids is 2. The molecule has 0 spiro atoms. The van der Waals surface area contributed by atoms with Crippen LogP contribution in [-0.2, 0) is 94.4 Å². The fraction of sp³-hybridized carbons (Fsp3) is 0.425. The second-order valence-electron chi connectivity index (χ2n) is 26.5. The number of aliphatic hydroxyl groups excluding tert-OH is 2. The predicted molar refractivity (Wildman–Crippen MR) is 385 cm³/mol. The number of H-pyrrole nitrogens is 2. The van der Waals surface area contributed by atoms with Crippen LogP contribution in [0.3, 0.4) is 0 Å². The van der Waals surface area contributed by atoms with E-state index in [-0.39, 0.29) is 43.5 Å². The summed E-state index contributed by atoms with van der Waals surface area (Å²) in [6, 6.07) is 12.9. The second kappa shape index (κ2) is 38.8. The lowest BCUT2D eigenvalue weighted by Gasteiger charge is -2.36. The van der Waals surface area contributed by atoms with Gasteiger partial charge in [0.05, 0.1) is 43.2 Å². The first-order valence-corrected chi connectivity index (χ1v) is 34.2. The highest BCUT2D eigenvalue weighted by molar-refractivity contribution is 6.00. The topological polar surface area (TPSA) is 491 Å². The predicted octanol–water partition coefficient (Wildman–Crippen LogP) is -1.21. The number of likely N-dealkylation sites (N-methyl/N-ethyl adjacent to an activating group) is 4. The standard InChI is InChI=1S/C73H95N15O18/c1-39(2)60(73(105)106)82-68(100)61(42(5)89)83-66(98)53(29-46-25-27-49(91)28-26-46)81-65(97)54(33-48-36-75-38-77-48)80-63(95)41(4)86(8)69(101)40(3)78-67(99)56(30-44-19-13-11-14-20-44)87(9)71(103)57(31-45-21-15-12-16-22-45)88(10)70(102)55(34-59(93)94)79-58(92)37-85(7)72(104)62(43(6)90)84-64(96)51(74)32-47-35-76-52-24-18-17-23-50(47)52/h11-28,35-36,38-43,51,53-57,60-62,76,89-91H,29-34,37,74H2,1-10H3,(H,75,77)(H,78,99)(H,79,92)(H,80,95)(H,81,97)(H,82,100)(H,83,98)(H,84,96)(H,93,94)(H,105,106)/t40-,41-,42+,43+,51-,53-,54-,55-,56-,57-,60-,61-,62-/m0/s1. The molecule has 13 atom stereocenters. The number of aromatic amines is 2. The van der Waals surface area contributed by atoms with Crippen LogP contribution in [0.2, 0.25) is 0 Å². The average molecular weight is 1470 g/mol. The molecule has 0 saturated heterocycles. The van der Waals surface area contributed by atoms with E-state index in [1.54, 1.807) is 66.9 Å². The number of carboxylic acid groups (broad SMARTS) is 2. The van der Waals surface area contributed by atoms with Gasteiger partial charge in [-0.1, -0.05) is 105 Å². The van der Waals surface area contributed by atoms with E-state index in [4.69, 9.17) is 5.73 Å². The van der Waals surface area contributed by atoms with Gasteiger partial charge in [0.15, 0.2) is 0 Å². The molecule has 0 aliphatic carbocycles. The van der Waals surface area contributed by atoms with Crippen molar-refractivity contribution in [2.45, 2.75) is 159 Å². The summed E-state index contributed by atoms with van der Waals surface area (Å²) in [4.78, 5) is 195. The normalized spacial score (nSPS) is 14.9. The molecule has 11 amide bonds. The Morgan fingerprint density at radius 1 is 0.491 bits per heavy atom. The van der Waals surface area contributed by atoms with E-state index in [9.17, 15) is 83.1 Å². The summed E-state index contributed by atoms with van der Waals surface area (Å²) >= 11 is 0. The van der Waals surface area contributed by atoms with Crippen molar-refractivity contribution < 1.29 is 87.9 Å². The Labute approximate surface area is 611 Å².